The topological polar surface area (TPSA) is 76.0 Å². The molecule has 0 amide bonds. The minimum atomic E-state index is -0.787. The molecule has 0 saturated carbocycles. The Kier molecular flexibility index (Phi) is 4.76. The van der Waals surface area contributed by atoms with Crippen molar-refractivity contribution in [2.45, 2.75) is 13.8 Å². The van der Waals surface area contributed by atoms with E-state index in [4.69, 9.17) is 11.6 Å². The molecule has 1 aromatic heterocycles. The zero-order valence-electron chi connectivity index (χ0n) is 7.20. The summed E-state index contributed by atoms with van der Waals surface area (Å²) in [4.78, 5) is 22.1. The first-order valence-corrected chi connectivity index (χ1v) is 4.01. The number of pyridine rings is 1. The van der Waals surface area contributed by atoms with Crippen molar-refractivity contribution in [3.63, 3.8) is 0 Å². The molecular formula is C7H9ClN2O3. The van der Waals surface area contributed by atoms with Crippen LogP contribution in [0.3, 0.4) is 0 Å². The normalized spacial score (nSPS) is 8.54. The Balaban J connectivity index is 0.000000671. The smallest absolute Gasteiger partial charge is 0.322 e. The predicted octanol–water partition coefficient (Wildman–Crippen LogP) is 1.96. The predicted molar refractivity (Wildman–Crippen MR) is 50.1 cm³/mol. The van der Waals surface area contributed by atoms with E-state index in [9.17, 15) is 14.9 Å². The van der Waals surface area contributed by atoms with E-state index < -0.39 is 16.2 Å². The lowest BCUT2D eigenvalue weighted by Gasteiger charge is -1.89. The van der Waals surface area contributed by atoms with E-state index in [1.54, 1.807) is 0 Å². The number of halogens is 1. The average molecular weight is 205 g/mol. The van der Waals surface area contributed by atoms with Gasteiger partial charge in [0.15, 0.2) is 0 Å². The second-order valence-electron chi connectivity index (χ2n) is 1.79. The summed E-state index contributed by atoms with van der Waals surface area (Å²) in [5.74, 6) is 0. The number of nitrogens with one attached hydrogen (secondary N) is 1. The van der Waals surface area contributed by atoms with E-state index in [1.165, 1.54) is 6.20 Å². The van der Waals surface area contributed by atoms with Crippen molar-refractivity contribution in [2.75, 3.05) is 0 Å². The highest BCUT2D eigenvalue weighted by atomic mass is 35.5. The van der Waals surface area contributed by atoms with Gasteiger partial charge in [0.05, 0.1) is 9.95 Å². The first kappa shape index (κ1) is 11.6. The summed E-state index contributed by atoms with van der Waals surface area (Å²) in [6.45, 7) is 4.00. The van der Waals surface area contributed by atoms with Gasteiger partial charge in [-0.1, -0.05) is 25.4 Å². The minimum Gasteiger partial charge on any atom is -0.322 e. The molecule has 1 heterocycles. The molecule has 72 valence electrons. The average Bonchev–Trinajstić information content (AvgIpc) is 2.12. The highest BCUT2D eigenvalue weighted by molar-refractivity contribution is 6.30. The highest BCUT2D eigenvalue weighted by Gasteiger charge is 2.11. The fourth-order valence-corrected chi connectivity index (χ4v) is 0.740. The van der Waals surface area contributed by atoms with Gasteiger partial charge in [-0.2, -0.15) is 0 Å². The maximum atomic E-state index is 10.7. The van der Waals surface area contributed by atoms with Crippen LogP contribution in [0.4, 0.5) is 5.69 Å². The zero-order valence-corrected chi connectivity index (χ0v) is 7.96. The summed E-state index contributed by atoms with van der Waals surface area (Å²) in [5.41, 5.74) is -1.29. The molecule has 0 aliphatic rings. The molecule has 0 spiro atoms. The fraction of sp³-hybridized carbons (Fsp3) is 0.286. The number of aromatic amines is 1. The summed E-state index contributed by atoms with van der Waals surface area (Å²) < 4.78 is 0. The van der Waals surface area contributed by atoms with E-state index >= 15 is 0 Å². The van der Waals surface area contributed by atoms with Crippen LogP contribution < -0.4 is 5.56 Å². The number of nitrogens with zero attached hydrogens (tertiary/aromatic N) is 1. The van der Waals surface area contributed by atoms with E-state index in [2.05, 4.69) is 4.98 Å². The van der Waals surface area contributed by atoms with Crippen LogP contribution >= 0.6 is 11.6 Å². The Hall–Kier alpha value is -1.36. The number of hydrogen-bond acceptors (Lipinski definition) is 3. The largest absolute Gasteiger partial charge is 0.335 e. The van der Waals surface area contributed by atoms with Crippen LogP contribution in [0.1, 0.15) is 13.8 Å². The molecule has 6 heteroatoms. The lowest BCUT2D eigenvalue weighted by Crippen LogP contribution is -2.09. The summed E-state index contributed by atoms with van der Waals surface area (Å²) >= 11 is 5.39. The van der Waals surface area contributed by atoms with Gasteiger partial charge >= 0.3 is 11.2 Å². The molecule has 1 rings (SSSR count). The third-order valence-electron chi connectivity index (χ3n) is 1.05. The van der Waals surface area contributed by atoms with Crippen LogP contribution in [0, 0.1) is 10.1 Å². The Labute approximate surface area is 79.5 Å². The molecule has 0 bridgehead atoms. The van der Waals surface area contributed by atoms with Crippen LogP contribution in [-0.4, -0.2) is 9.91 Å². The first-order valence-electron chi connectivity index (χ1n) is 3.64. The van der Waals surface area contributed by atoms with Gasteiger partial charge in [-0.15, -0.1) is 0 Å². The zero-order chi connectivity index (χ0) is 10.4. The lowest BCUT2D eigenvalue weighted by molar-refractivity contribution is -0.386. The van der Waals surface area contributed by atoms with Gasteiger partial charge in [-0.25, -0.2) is 0 Å². The molecule has 0 fully saturated rings. The molecule has 0 atom stereocenters. The third-order valence-corrected chi connectivity index (χ3v) is 1.26. The molecule has 0 aliphatic carbocycles. The Morgan fingerprint density at radius 2 is 2.08 bits per heavy atom. The van der Waals surface area contributed by atoms with E-state index in [0.29, 0.717) is 0 Å². The quantitative estimate of drug-likeness (QED) is 0.561. The second-order valence-corrected chi connectivity index (χ2v) is 2.23. The van der Waals surface area contributed by atoms with Crippen LogP contribution in [-0.2, 0) is 0 Å². The van der Waals surface area contributed by atoms with Crippen LogP contribution in [0.5, 0.6) is 0 Å². The number of aromatic nitrogens is 1. The van der Waals surface area contributed by atoms with Crippen molar-refractivity contribution in [1.29, 1.82) is 0 Å². The number of nitro groups is 1. The minimum absolute atomic E-state index is 0.135. The molecular weight excluding hydrogens is 196 g/mol. The van der Waals surface area contributed by atoms with Crippen LogP contribution in [0.2, 0.25) is 5.02 Å². The van der Waals surface area contributed by atoms with Gasteiger partial charge < -0.3 is 4.98 Å². The molecule has 13 heavy (non-hydrogen) atoms. The summed E-state index contributed by atoms with van der Waals surface area (Å²) in [7, 11) is 0. The SMILES string of the molecule is CC.O=c1[nH]cc(Cl)cc1[N+](=O)[O-]. The Morgan fingerprint density at radius 1 is 1.54 bits per heavy atom. The van der Waals surface area contributed by atoms with E-state index in [-0.39, 0.29) is 5.02 Å². The Bertz CT molecular complexity index is 348. The molecule has 0 aromatic carbocycles. The number of H-pyrrole nitrogens is 1. The van der Waals surface area contributed by atoms with Crippen molar-refractivity contribution >= 4 is 17.3 Å². The lowest BCUT2D eigenvalue weighted by atomic mass is 10.4. The second kappa shape index (κ2) is 5.31. The Morgan fingerprint density at radius 3 is 2.46 bits per heavy atom. The maximum Gasteiger partial charge on any atom is 0.335 e. The molecule has 0 aliphatic heterocycles. The van der Waals surface area contributed by atoms with Crippen LogP contribution in [0.15, 0.2) is 17.1 Å². The summed E-state index contributed by atoms with van der Waals surface area (Å²) in [6, 6.07) is 1.00. The molecule has 5 nitrogen and oxygen atoms in total. The standard InChI is InChI=1S/C5H3ClN2O3.C2H6/c6-3-1-4(8(10)11)5(9)7-2-3;1-2/h1-2H,(H,7,9);1-2H3. The van der Waals surface area contributed by atoms with Gasteiger partial charge in [0, 0.05) is 12.3 Å². The number of rotatable bonds is 1. The highest BCUT2D eigenvalue weighted by Crippen LogP contribution is 2.10. The summed E-state index contributed by atoms with van der Waals surface area (Å²) in [5, 5.41) is 10.2. The van der Waals surface area contributed by atoms with Gasteiger partial charge in [-0.3, -0.25) is 14.9 Å². The molecule has 0 unspecified atom stereocenters. The third kappa shape index (κ3) is 3.25. The van der Waals surface area contributed by atoms with E-state index in [1.807, 2.05) is 13.8 Å². The monoisotopic (exact) mass is 204 g/mol. The van der Waals surface area contributed by atoms with Gasteiger partial charge in [0.2, 0.25) is 0 Å². The van der Waals surface area contributed by atoms with Crippen molar-refractivity contribution in [2.24, 2.45) is 0 Å². The maximum absolute atomic E-state index is 10.7. The van der Waals surface area contributed by atoms with E-state index in [0.717, 1.165) is 6.07 Å². The molecule has 1 aromatic rings. The van der Waals surface area contributed by atoms with Gasteiger partial charge in [-0.05, 0) is 0 Å². The molecule has 1 N–H and O–H groups in total. The van der Waals surface area contributed by atoms with Gasteiger partial charge in [0.25, 0.3) is 0 Å². The summed E-state index contributed by atoms with van der Waals surface area (Å²) in [6.07, 6.45) is 1.19. The van der Waals surface area contributed by atoms with Crippen molar-refractivity contribution < 1.29 is 4.92 Å². The van der Waals surface area contributed by atoms with Crippen molar-refractivity contribution in [3.8, 4) is 0 Å². The molecule has 0 radical (unpaired) electrons. The van der Waals surface area contributed by atoms with Gasteiger partial charge in [0.1, 0.15) is 0 Å². The number of hydrogen-bond donors (Lipinski definition) is 1. The first-order chi connectivity index (χ1) is 6.11. The fourth-order valence-electron chi connectivity index (χ4n) is 0.582. The van der Waals surface area contributed by atoms with Crippen molar-refractivity contribution in [3.05, 3.63) is 37.8 Å². The molecule has 0 saturated heterocycles. The van der Waals surface area contributed by atoms with Crippen LogP contribution in [0.25, 0.3) is 0 Å². The van der Waals surface area contributed by atoms with Crippen molar-refractivity contribution in [1.82, 2.24) is 4.98 Å².